The third-order valence-electron chi connectivity index (χ3n) is 7.10. The first-order valence-electron chi connectivity index (χ1n) is 11.5. The van der Waals surface area contributed by atoms with Crippen LogP contribution in [0.5, 0.6) is 0 Å². The lowest BCUT2D eigenvalue weighted by Gasteiger charge is -2.34. The summed E-state index contributed by atoms with van der Waals surface area (Å²) >= 11 is 0. The number of rotatable bonds is 5. The molecule has 1 saturated carbocycles. The molecule has 2 saturated heterocycles. The topological polar surface area (TPSA) is 87.7 Å². The van der Waals surface area contributed by atoms with Crippen molar-refractivity contribution in [3.05, 3.63) is 24.8 Å². The van der Waals surface area contributed by atoms with Gasteiger partial charge >= 0.3 is 0 Å². The number of ether oxygens (including phenoxy) is 1. The highest BCUT2D eigenvalue weighted by molar-refractivity contribution is 6.00. The number of likely N-dealkylation sites (tertiary alicyclic amines) is 1. The molecule has 4 aliphatic rings. The van der Waals surface area contributed by atoms with Crippen molar-refractivity contribution in [2.45, 2.75) is 88.6 Å². The molecule has 7 heteroatoms. The molecule has 1 aliphatic carbocycles. The molecule has 3 heterocycles. The Hall–Kier alpha value is -2.15. The van der Waals surface area contributed by atoms with Crippen molar-refractivity contribution in [1.82, 2.24) is 15.5 Å². The smallest absolute Gasteiger partial charge is 0.246 e. The van der Waals surface area contributed by atoms with E-state index in [4.69, 9.17) is 4.74 Å². The van der Waals surface area contributed by atoms with E-state index in [2.05, 4.69) is 17.2 Å². The fourth-order valence-electron chi connectivity index (χ4n) is 5.94. The second kappa shape index (κ2) is 7.47. The summed E-state index contributed by atoms with van der Waals surface area (Å²) in [6.45, 7) is 11.5. The van der Waals surface area contributed by atoms with Crippen molar-refractivity contribution >= 4 is 17.7 Å². The van der Waals surface area contributed by atoms with Crippen LogP contribution < -0.4 is 10.6 Å². The number of amides is 3. The second-order valence-corrected chi connectivity index (χ2v) is 10.7. The molecule has 3 aliphatic heterocycles. The van der Waals surface area contributed by atoms with E-state index in [1.807, 2.05) is 39.8 Å². The first-order valence-corrected chi connectivity index (χ1v) is 11.5. The predicted molar refractivity (Wildman–Crippen MR) is 117 cm³/mol. The van der Waals surface area contributed by atoms with Crippen LogP contribution >= 0.6 is 0 Å². The van der Waals surface area contributed by atoms with Gasteiger partial charge in [0, 0.05) is 18.1 Å². The number of hydrogen-bond acceptors (Lipinski definition) is 4. The molecule has 0 radical (unpaired) electrons. The van der Waals surface area contributed by atoms with Gasteiger partial charge in [0.05, 0.1) is 17.4 Å². The molecule has 4 rings (SSSR count). The van der Waals surface area contributed by atoms with Crippen LogP contribution in [0, 0.1) is 11.8 Å². The lowest BCUT2D eigenvalue weighted by Crippen LogP contribution is -2.58. The van der Waals surface area contributed by atoms with E-state index in [9.17, 15) is 14.4 Å². The molecule has 5 unspecified atom stereocenters. The Bertz CT molecular complexity index is 825. The number of carbonyl (C=O) groups is 3. The standard InChI is InChI=1S/C24H35N3O4/c1-6-14-27-18(20(29)26-22(2,3)4)24-13-12-23(5,31-24)16(17(24)21(27)30)19(28)25-15-10-8-7-9-11-15/h6,12-13,15-18H,1,7-11,14H2,2-5H3,(H,25,28)(H,26,29). The van der Waals surface area contributed by atoms with Gasteiger partial charge in [0.15, 0.2) is 0 Å². The minimum absolute atomic E-state index is 0.143. The van der Waals surface area contributed by atoms with Crippen LogP contribution in [0.15, 0.2) is 24.8 Å². The van der Waals surface area contributed by atoms with Gasteiger partial charge in [0.25, 0.3) is 0 Å². The first kappa shape index (κ1) is 22.1. The molecule has 31 heavy (non-hydrogen) atoms. The zero-order valence-electron chi connectivity index (χ0n) is 19.1. The van der Waals surface area contributed by atoms with Gasteiger partial charge in [0.1, 0.15) is 11.6 Å². The number of hydrogen-bond donors (Lipinski definition) is 2. The Kier molecular flexibility index (Phi) is 5.31. The Morgan fingerprint density at radius 2 is 1.90 bits per heavy atom. The summed E-state index contributed by atoms with van der Waals surface area (Å²) < 4.78 is 6.46. The van der Waals surface area contributed by atoms with Gasteiger partial charge < -0.3 is 20.3 Å². The molecule has 1 spiro atoms. The summed E-state index contributed by atoms with van der Waals surface area (Å²) in [6.07, 6.45) is 10.7. The highest BCUT2D eigenvalue weighted by atomic mass is 16.5. The average Bonchev–Trinajstić information content (AvgIpc) is 3.23. The minimum atomic E-state index is -1.14. The van der Waals surface area contributed by atoms with E-state index in [0.717, 1.165) is 25.7 Å². The van der Waals surface area contributed by atoms with Crippen molar-refractivity contribution < 1.29 is 19.1 Å². The molecular weight excluding hydrogens is 394 g/mol. The average molecular weight is 430 g/mol. The molecule has 3 amide bonds. The molecule has 2 bridgehead atoms. The van der Waals surface area contributed by atoms with E-state index >= 15 is 0 Å². The number of carbonyl (C=O) groups excluding carboxylic acids is 3. The van der Waals surface area contributed by atoms with Crippen LogP contribution in [0.25, 0.3) is 0 Å². The molecule has 170 valence electrons. The molecule has 0 aromatic heterocycles. The van der Waals surface area contributed by atoms with Crippen molar-refractivity contribution in [2.75, 3.05) is 6.54 Å². The Morgan fingerprint density at radius 3 is 2.52 bits per heavy atom. The fourth-order valence-corrected chi connectivity index (χ4v) is 5.94. The van der Waals surface area contributed by atoms with Gasteiger partial charge in [-0.25, -0.2) is 0 Å². The van der Waals surface area contributed by atoms with Gasteiger partial charge in [-0.3, -0.25) is 14.4 Å². The Labute approximate surface area is 184 Å². The van der Waals surface area contributed by atoms with Gasteiger partial charge in [-0.05, 0) is 40.5 Å². The maximum Gasteiger partial charge on any atom is 0.246 e. The maximum atomic E-state index is 13.6. The van der Waals surface area contributed by atoms with E-state index < -0.39 is 34.6 Å². The monoisotopic (exact) mass is 429 g/mol. The van der Waals surface area contributed by atoms with Gasteiger partial charge in [0.2, 0.25) is 17.7 Å². The molecule has 7 nitrogen and oxygen atoms in total. The number of fused-ring (bicyclic) bond motifs is 1. The third-order valence-corrected chi connectivity index (χ3v) is 7.10. The molecular formula is C24H35N3O4. The van der Waals surface area contributed by atoms with Crippen LogP contribution in [-0.4, -0.2) is 58.0 Å². The lowest BCUT2D eigenvalue weighted by molar-refractivity contribution is -0.145. The fraction of sp³-hybridized carbons (Fsp3) is 0.708. The molecule has 0 aromatic rings. The van der Waals surface area contributed by atoms with Crippen molar-refractivity contribution in [3.63, 3.8) is 0 Å². The predicted octanol–water partition coefficient (Wildman–Crippen LogP) is 2.08. The summed E-state index contributed by atoms with van der Waals surface area (Å²) in [6, 6.07) is -0.697. The third kappa shape index (κ3) is 3.51. The Balaban J connectivity index is 1.68. The zero-order valence-corrected chi connectivity index (χ0v) is 19.1. The molecule has 3 fully saturated rings. The Morgan fingerprint density at radius 1 is 1.23 bits per heavy atom. The zero-order chi connectivity index (χ0) is 22.6. The first-order chi connectivity index (χ1) is 14.5. The van der Waals surface area contributed by atoms with Crippen LogP contribution in [0.3, 0.4) is 0 Å². The largest absolute Gasteiger partial charge is 0.356 e. The summed E-state index contributed by atoms with van der Waals surface area (Å²) in [5.74, 6) is -2.01. The highest BCUT2D eigenvalue weighted by Crippen LogP contribution is 2.59. The van der Waals surface area contributed by atoms with Crippen molar-refractivity contribution in [3.8, 4) is 0 Å². The minimum Gasteiger partial charge on any atom is -0.356 e. The van der Waals surface area contributed by atoms with Gasteiger partial charge in [-0.1, -0.05) is 37.5 Å². The maximum absolute atomic E-state index is 13.6. The van der Waals surface area contributed by atoms with Gasteiger partial charge in [-0.2, -0.15) is 0 Å². The summed E-state index contributed by atoms with van der Waals surface area (Å²) in [4.78, 5) is 41.9. The van der Waals surface area contributed by atoms with Crippen LogP contribution in [0.2, 0.25) is 0 Å². The summed E-state index contributed by atoms with van der Waals surface area (Å²) in [5.41, 5.74) is -2.50. The van der Waals surface area contributed by atoms with E-state index in [-0.39, 0.29) is 30.3 Å². The molecule has 5 atom stereocenters. The summed E-state index contributed by atoms with van der Waals surface area (Å²) in [7, 11) is 0. The quantitative estimate of drug-likeness (QED) is 0.655. The van der Waals surface area contributed by atoms with Crippen LogP contribution in [-0.2, 0) is 19.1 Å². The van der Waals surface area contributed by atoms with E-state index in [1.165, 1.54) is 11.3 Å². The second-order valence-electron chi connectivity index (χ2n) is 10.7. The number of nitrogens with one attached hydrogen (secondary N) is 2. The van der Waals surface area contributed by atoms with E-state index in [1.54, 1.807) is 6.08 Å². The highest BCUT2D eigenvalue weighted by Gasteiger charge is 2.76. The number of nitrogens with zero attached hydrogens (tertiary/aromatic N) is 1. The molecule has 2 N–H and O–H groups in total. The molecule has 0 aromatic carbocycles. The van der Waals surface area contributed by atoms with Crippen molar-refractivity contribution in [2.24, 2.45) is 11.8 Å². The van der Waals surface area contributed by atoms with Crippen molar-refractivity contribution in [1.29, 1.82) is 0 Å². The van der Waals surface area contributed by atoms with Gasteiger partial charge in [-0.15, -0.1) is 6.58 Å². The van der Waals surface area contributed by atoms with Crippen LogP contribution in [0.1, 0.15) is 59.8 Å². The van der Waals surface area contributed by atoms with Crippen LogP contribution in [0.4, 0.5) is 0 Å². The van der Waals surface area contributed by atoms with E-state index in [0.29, 0.717) is 0 Å². The normalized spacial score (nSPS) is 37.1. The SMILES string of the molecule is C=CCN1C(=O)C2C(C(=O)NC3CCCCC3)C3(C)C=CC2(O3)C1C(=O)NC(C)(C)C. The summed E-state index contributed by atoms with van der Waals surface area (Å²) in [5, 5.41) is 6.19. The lowest BCUT2D eigenvalue weighted by atomic mass is 9.70.